The zero-order valence-electron chi connectivity index (χ0n) is 14.7. The molecule has 8 heteroatoms. The minimum absolute atomic E-state index is 0.0459. The fourth-order valence-electron chi connectivity index (χ4n) is 3.34. The molecule has 2 heterocycles. The number of benzene rings is 2. The Morgan fingerprint density at radius 1 is 1.18 bits per heavy atom. The second kappa shape index (κ2) is 7.93. The molecule has 0 radical (unpaired) electrons. The number of ether oxygens (including phenoxy) is 2. The first-order valence-corrected chi connectivity index (χ1v) is 9.96. The van der Waals surface area contributed by atoms with Crippen LogP contribution in [0.5, 0.6) is 11.7 Å². The molecule has 0 aliphatic carbocycles. The maximum absolute atomic E-state index is 10.7. The Morgan fingerprint density at radius 2 is 1.89 bits per heavy atom. The summed E-state index contributed by atoms with van der Waals surface area (Å²) in [5.41, 5.74) is 1.59. The maximum atomic E-state index is 10.7. The molecule has 1 aromatic heterocycles. The molecule has 0 amide bonds. The van der Waals surface area contributed by atoms with Crippen molar-refractivity contribution >= 4 is 50.3 Å². The van der Waals surface area contributed by atoms with E-state index in [2.05, 4.69) is 25.6 Å². The molecule has 28 heavy (non-hydrogen) atoms. The van der Waals surface area contributed by atoms with Crippen LogP contribution in [0, 0.1) is 0 Å². The topological polar surface area (TPSA) is 72.1 Å². The second-order valence-corrected chi connectivity index (χ2v) is 7.73. The first-order chi connectivity index (χ1) is 13.5. The number of fused-ring (bicyclic) bond motifs is 1. The van der Waals surface area contributed by atoms with Crippen molar-refractivity contribution < 1.29 is 23.8 Å². The quantitative estimate of drug-likeness (QED) is 0.479. The highest BCUT2D eigenvalue weighted by Gasteiger charge is 2.23. The van der Waals surface area contributed by atoms with Crippen molar-refractivity contribution in [1.82, 2.24) is 0 Å². The molecule has 1 fully saturated rings. The van der Waals surface area contributed by atoms with E-state index >= 15 is 0 Å². The normalized spacial score (nSPS) is 15.0. The first-order valence-electron chi connectivity index (χ1n) is 8.79. The van der Waals surface area contributed by atoms with E-state index in [1.54, 1.807) is 6.07 Å². The molecular formula is C20H17BrClNO5. The molecule has 0 bridgehead atoms. The van der Waals surface area contributed by atoms with Gasteiger partial charge in [-0.3, -0.25) is 0 Å². The summed E-state index contributed by atoms with van der Waals surface area (Å²) < 4.78 is 16.9. The molecule has 4 rings (SSSR count). The number of carboxylic acid groups (broad SMARTS) is 1. The minimum atomic E-state index is -1.40. The third-order valence-electron chi connectivity index (χ3n) is 4.68. The van der Waals surface area contributed by atoms with Crippen LogP contribution in [-0.4, -0.2) is 30.5 Å². The Balaban J connectivity index is 1.45. The molecule has 0 spiro atoms. The zero-order chi connectivity index (χ0) is 19.7. The molecule has 1 aliphatic rings. The summed E-state index contributed by atoms with van der Waals surface area (Å²) >= 11 is 9.54. The Bertz CT molecular complexity index is 996. The highest BCUT2D eigenvalue weighted by Crippen LogP contribution is 2.38. The molecule has 3 aromatic rings. The predicted octanol–water partition coefficient (Wildman–Crippen LogP) is 5.95. The monoisotopic (exact) mass is 465 g/mol. The summed E-state index contributed by atoms with van der Waals surface area (Å²) in [6.07, 6.45) is 0.542. The Hall–Kier alpha value is -2.38. The second-order valence-electron chi connectivity index (χ2n) is 6.50. The van der Waals surface area contributed by atoms with Gasteiger partial charge in [-0.1, -0.05) is 11.6 Å². The number of hydrogen-bond acceptors (Lipinski definition) is 5. The molecule has 0 atom stereocenters. The first kappa shape index (κ1) is 19.0. The van der Waals surface area contributed by atoms with Crippen LogP contribution in [0.2, 0.25) is 5.02 Å². The van der Waals surface area contributed by atoms with Crippen LogP contribution in [0.3, 0.4) is 0 Å². The van der Waals surface area contributed by atoms with Gasteiger partial charge in [-0.15, -0.1) is 0 Å². The van der Waals surface area contributed by atoms with Gasteiger partial charge < -0.3 is 23.9 Å². The third-order valence-corrected chi connectivity index (χ3v) is 5.76. The number of anilines is 1. The van der Waals surface area contributed by atoms with Crippen molar-refractivity contribution in [2.75, 3.05) is 18.0 Å². The molecule has 0 saturated carbocycles. The van der Waals surface area contributed by atoms with Crippen molar-refractivity contribution in [1.29, 1.82) is 0 Å². The molecule has 2 aromatic carbocycles. The lowest BCUT2D eigenvalue weighted by molar-refractivity contribution is 0.134. The van der Waals surface area contributed by atoms with Gasteiger partial charge in [-0.05, 0) is 52.3 Å². The number of nitrogens with zero attached hydrogens (tertiary/aromatic N) is 1. The van der Waals surface area contributed by atoms with Crippen LogP contribution < -0.4 is 14.4 Å². The van der Waals surface area contributed by atoms with Crippen molar-refractivity contribution in [2.24, 2.45) is 0 Å². The van der Waals surface area contributed by atoms with Crippen molar-refractivity contribution in [3.05, 3.63) is 52.0 Å². The minimum Gasteiger partial charge on any atom is -0.490 e. The lowest BCUT2D eigenvalue weighted by Gasteiger charge is -2.34. The van der Waals surface area contributed by atoms with Gasteiger partial charge in [0.25, 0.3) is 5.95 Å². The average Bonchev–Trinajstić information content (AvgIpc) is 3.07. The van der Waals surface area contributed by atoms with Gasteiger partial charge in [0.05, 0.1) is 10.2 Å². The molecule has 146 valence electrons. The Labute approximate surface area is 174 Å². The zero-order valence-corrected chi connectivity index (χ0v) is 17.1. The number of rotatable bonds is 4. The molecule has 1 N–H and O–H groups in total. The van der Waals surface area contributed by atoms with E-state index < -0.39 is 6.16 Å². The summed E-state index contributed by atoms with van der Waals surface area (Å²) in [6, 6.07) is 12.8. The van der Waals surface area contributed by atoms with E-state index in [0.29, 0.717) is 10.6 Å². The summed E-state index contributed by atoms with van der Waals surface area (Å²) in [7, 11) is 0. The molecular weight excluding hydrogens is 450 g/mol. The van der Waals surface area contributed by atoms with Gasteiger partial charge in [0.15, 0.2) is 0 Å². The molecule has 1 aliphatic heterocycles. The third kappa shape index (κ3) is 4.05. The van der Waals surface area contributed by atoms with Crippen LogP contribution in [0.15, 0.2) is 51.4 Å². The van der Waals surface area contributed by atoms with Crippen LogP contribution >= 0.6 is 27.5 Å². The van der Waals surface area contributed by atoms with Crippen LogP contribution in [0.1, 0.15) is 12.8 Å². The maximum Gasteiger partial charge on any atom is 0.513 e. The summed E-state index contributed by atoms with van der Waals surface area (Å²) in [5, 5.41) is 10.2. The SMILES string of the molecule is O=C(O)Oc1cc2c(Br)c(N3CCC(Oc4ccc(Cl)cc4)CC3)ccc2o1. The van der Waals surface area contributed by atoms with E-state index in [1.165, 1.54) is 0 Å². The number of furan rings is 1. The van der Waals surface area contributed by atoms with Crippen molar-refractivity contribution in [2.45, 2.75) is 18.9 Å². The Morgan fingerprint density at radius 3 is 2.57 bits per heavy atom. The standard InChI is InChI=1S/C20H17BrClNO5/c21-19-15-11-18(28-20(24)25)27-17(15)6-5-16(19)23-9-7-14(8-10-23)26-13-3-1-12(22)2-4-13/h1-6,11,14H,7-10H2,(H,24,25). The van der Waals surface area contributed by atoms with Crippen LogP contribution in [-0.2, 0) is 0 Å². The summed E-state index contributed by atoms with van der Waals surface area (Å²) in [6.45, 7) is 1.69. The highest BCUT2D eigenvalue weighted by molar-refractivity contribution is 9.10. The van der Waals surface area contributed by atoms with Gasteiger partial charge >= 0.3 is 6.16 Å². The van der Waals surface area contributed by atoms with Gasteiger partial charge in [-0.25, -0.2) is 4.79 Å². The van der Waals surface area contributed by atoms with E-state index in [1.807, 2.05) is 36.4 Å². The highest BCUT2D eigenvalue weighted by atomic mass is 79.9. The number of carbonyl (C=O) groups is 1. The van der Waals surface area contributed by atoms with Crippen LogP contribution in [0.25, 0.3) is 11.0 Å². The number of hydrogen-bond donors (Lipinski definition) is 1. The lowest BCUT2D eigenvalue weighted by atomic mass is 10.1. The fourth-order valence-corrected chi connectivity index (χ4v) is 4.16. The fraction of sp³-hybridized carbons (Fsp3) is 0.250. The number of halogens is 2. The van der Waals surface area contributed by atoms with E-state index in [4.69, 9.17) is 25.9 Å². The molecule has 1 saturated heterocycles. The van der Waals surface area contributed by atoms with Crippen molar-refractivity contribution in [3.8, 4) is 11.7 Å². The molecule has 0 unspecified atom stereocenters. The van der Waals surface area contributed by atoms with Gasteiger partial charge in [0, 0.05) is 42.4 Å². The number of piperidine rings is 1. The smallest absolute Gasteiger partial charge is 0.490 e. The average molecular weight is 467 g/mol. The largest absolute Gasteiger partial charge is 0.513 e. The van der Waals surface area contributed by atoms with Gasteiger partial charge in [0.1, 0.15) is 17.4 Å². The van der Waals surface area contributed by atoms with Gasteiger partial charge in [0.2, 0.25) is 0 Å². The van der Waals surface area contributed by atoms with Gasteiger partial charge in [-0.2, -0.15) is 0 Å². The molecule has 6 nitrogen and oxygen atoms in total. The van der Waals surface area contributed by atoms with Crippen molar-refractivity contribution in [3.63, 3.8) is 0 Å². The predicted molar refractivity (Wildman–Crippen MR) is 110 cm³/mol. The van der Waals surface area contributed by atoms with E-state index in [9.17, 15) is 4.79 Å². The summed E-state index contributed by atoms with van der Waals surface area (Å²) in [4.78, 5) is 13.0. The lowest BCUT2D eigenvalue weighted by Crippen LogP contribution is -2.38. The van der Waals surface area contributed by atoms with E-state index in [0.717, 1.165) is 47.2 Å². The summed E-state index contributed by atoms with van der Waals surface area (Å²) in [5.74, 6) is 0.783. The Kier molecular flexibility index (Phi) is 5.37. The van der Waals surface area contributed by atoms with Crippen LogP contribution in [0.4, 0.5) is 10.5 Å². The van der Waals surface area contributed by atoms with E-state index in [-0.39, 0.29) is 12.1 Å².